The van der Waals surface area contributed by atoms with Crippen LogP contribution in [0.3, 0.4) is 0 Å². The minimum atomic E-state index is -1.76. The molecule has 1 amide bonds. The number of aliphatic hydroxyl groups is 7. The van der Waals surface area contributed by atoms with Crippen molar-refractivity contribution >= 4 is 11.7 Å². The summed E-state index contributed by atoms with van der Waals surface area (Å²) >= 11 is 0. The molecule has 13 heteroatoms. The van der Waals surface area contributed by atoms with Crippen molar-refractivity contribution in [2.75, 3.05) is 13.2 Å². The molecule has 4 unspecified atom stereocenters. The summed E-state index contributed by atoms with van der Waals surface area (Å²) in [5.41, 5.74) is 0. The van der Waals surface area contributed by atoms with Crippen molar-refractivity contribution in [1.29, 1.82) is 0 Å². The molecule has 2 rings (SSSR count). The van der Waals surface area contributed by atoms with Crippen LogP contribution < -0.4 is 5.32 Å². The van der Waals surface area contributed by atoms with Crippen molar-refractivity contribution in [3.05, 3.63) is 0 Å². The smallest absolute Gasteiger partial charge is 0.222 e. The summed E-state index contributed by atoms with van der Waals surface area (Å²) in [6, 6.07) is 0. The number of ether oxygens (including phenoxy) is 3. The molecule has 0 aromatic rings. The zero-order valence-electron chi connectivity index (χ0n) is 17.7. The van der Waals surface area contributed by atoms with Crippen molar-refractivity contribution < 1.29 is 59.5 Å². The Labute approximate surface area is 184 Å². The molecule has 0 aromatic carbocycles. The first-order valence-corrected chi connectivity index (χ1v) is 10.5. The summed E-state index contributed by atoms with van der Waals surface area (Å²) in [4.78, 5) is 23.0. The maximum atomic E-state index is 12.1. The number of amides is 1. The SMILES string of the molecule is CC(=O)CCCCC(=O)N[C@@H]1OC(CO)[C@@H](O[C@@H]2OC(CO)[C@H](O)C(O)[C@@H]2O)[C@H](O)C1O. The van der Waals surface area contributed by atoms with Gasteiger partial charge in [0, 0.05) is 12.8 Å². The number of ketones is 1. The lowest BCUT2D eigenvalue weighted by Gasteiger charge is -2.46. The first-order valence-electron chi connectivity index (χ1n) is 10.5. The summed E-state index contributed by atoms with van der Waals surface area (Å²) in [5, 5.41) is 72.0. The Balaban J connectivity index is 1.98. The van der Waals surface area contributed by atoms with Crippen LogP contribution in [0.5, 0.6) is 0 Å². The van der Waals surface area contributed by atoms with E-state index in [-0.39, 0.29) is 12.2 Å². The number of hydrogen-bond acceptors (Lipinski definition) is 12. The van der Waals surface area contributed by atoms with Crippen LogP contribution in [0.15, 0.2) is 0 Å². The molecular formula is C19H33NO12. The normalized spacial score (nSPS) is 40.1. The largest absolute Gasteiger partial charge is 0.394 e. The molecular weight excluding hydrogens is 434 g/mol. The number of carbonyl (C=O) groups excluding carboxylic acids is 2. The highest BCUT2D eigenvalue weighted by Gasteiger charge is 2.50. The van der Waals surface area contributed by atoms with E-state index in [1.165, 1.54) is 6.92 Å². The monoisotopic (exact) mass is 467 g/mol. The summed E-state index contributed by atoms with van der Waals surface area (Å²) in [6.07, 6.45) is -14.1. The lowest BCUT2D eigenvalue weighted by atomic mass is 9.96. The maximum absolute atomic E-state index is 12.1. The standard InChI is InChI=1S/C19H33NO12/c1-8(23)4-2-3-5-11(24)20-18-15(28)14(27)17(10(7-22)30-18)32-19-16(29)13(26)12(25)9(6-21)31-19/h9-10,12-19,21-22,25-29H,2-7H2,1H3,(H,20,24)/t9?,10?,12-,13?,14+,15?,16-,17+,18+,19-/m0/s1. The molecule has 2 heterocycles. The summed E-state index contributed by atoms with van der Waals surface area (Å²) in [7, 11) is 0. The topological polar surface area (TPSA) is 215 Å². The second-order valence-corrected chi connectivity index (χ2v) is 8.03. The molecule has 0 aliphatic carbocycles. The molecule has 10 atom stereocenters. The Morgan fingerprint density at radius 1 is 0.812 bits per heavy atom. The van der Waals surface area contributed by atoms with Crippen LogP contribution in [0.2, 0.25) is 0 Å². The van der Waals surface area contributed by atoms with E-state index in [1.807, 2.05) is 0 Å². The first kappa shape index (κ1) is 27.0. The summed E-state index contributed by atoms with van der Waals surface area (Å²) < 4.78 is 16.1. The number of carbonyl (C=O) groups is 2. The van der Waals surface area contributed by atoms with Crippen molar-refractivity contribution in [1.82, 2.24) is 5.32 Å². The van der Waals surface area contributed by atoms with Crippen LogP contribution in [0, 0.1) is 0 Å². The number of unbranched alkanes of at least 4 members (excludes halogenated alkanes) is 1. The third-order valence-corrected chi connectivity index (χ3v) is 5.49. The molecule has 0 radical (unpaired) electrons. The van der Waals surface area contributed by atoms with Gasteiger partial charge in [0.05, 0.1) is 13.2 Å². The van der Waals surface area contributed by atoms with Gasteiger partial charge in [0.15, 0.2) is 12.5 Å². The fourth-order valence-electron chi connectivity index (χ4n) is 3.60. The third kappa shape index (κ3) is 6.63. The third-order valence-electron chi connectivity index (χ3n) is 5.49. The van der Waals surface area contributed by atoms with E-state index in [4.69, 9.17) is 14.2 Å². The molecule has 0 bridgehead atoms. The van der Waals surface area contributed by atoms with Gasteiger partial charge < -0.3 is 60.1 Å². The van der Waals surface area contributed by atoms with Crippen LogP contribution in [-0.4, -0.2) is 122 Å². The molecule has 2 aliphatic rings. The predicted molar refractivity (Wildman–Crippen MR) is 104 cm³/mol. The van der Waals surface area contributed by atoms with Gasteiger partial charge in [0.1, 0.15) is 54.6 Å². The van der Waals surface area contributed by atoms with Crippen LogP contribution in [0.4, 0.5) is 0 Å². The van der Waals surface area contributed by atoms with Crippen LogP contribution in [0.1, 0.15) is 32.6 Å². The number of rotatable bonds is 10. The first-order chi connectivity index (χ1) is 15.1. The van der Waals surface area contributed by atoms with Crippen LogP contribution in [-0.2, 0) is 23.8 Å². The Kier molecular flexibility index (Phi) is 10.4. The molecule has 0 aromatic heterocycles. The number of hydrogen-bond donors (Lipinski definition) is 8. The van der Waals surface area contributed by atoms with Crippen molar-refractivity contribution in [3.63, 3.8) is 0 Å². The van der Waals surface area contributed by atoms with Gasteiger partial charge in [-0.25, -0.2) is 0 Å². The van der Waals surface area contributed by atoms with E-state index in [9.17, 15) is 45.3 Å². The highest BCUT2D eigenvalue weighted by atomic mass is 16.7. The fourth-order valence-corrected chi connectivity index (χ4v) is 3.60. The van der Waals surface area contributed by atoms with E-state index in [2.05, 4.69) is 5.32 Å². The van der Waals surface area contributed by atoms with Crippen molar-refractivity contribution in [3.8, 4) is 0 Å². The Morgan fingerprint density at radius 3 is 2.03 bits per heavy atom. The number of Topliss-reactive ketones (excluding diaryl/α,β-unsaturated/α-hetero) is 1. The predicted octanol–water partition coefficient (Wildman–Crippen LogP) is -4.12. The maximum Gasteiger partial charge on any atom is 0.222 e. The molecule has 32 heavy (non-hydrogen) atoms. The van der Waals surface area contributed by atoms with E-state index in [1.54, 1.807) is 0 Å². The second-order valence-electron chi connectivity index (χ2n) is 8.03. The molecule has 2 fully saturated rings. The minimum absolute atomic E-state index is 0.01000. The molecule has 8 N–H and O–H groups in total. The molecule has 2 saturated heterocycles. The highest BCUT2D eigenvalue weighted by Crippen LogP contribution is 2.28. The quantitative estimate of drug-likeness (QED) is 0.144. The molecule has 186 valence electrons. The van der Waals surface area contributed by atoms with Crippen molar-refractivity contribution in [2.45, 2.75) is 94.0 Å². The van der Waals surface area contributed by atoms with E-state index >= 15 is 0 Å². The van der Waals surface area contributed by atoms with E-state index in [0.717, 1.165) is 0 Å². The van der Waals surface area contributed by atoms with Gasteiger partial charge in [-0.15, -0.1) is 0 Å². The van der Waals surface area contributed by atoms with Gasteiger partial charge >= 0.3 is 0 Å². The zero-order chi connectivity index (χ0) is 24.0. The summed E-state index contributed by atoms with van der Waals surface area (Å²) in [5.74, 6) is -0.481. The fraction of sp³-hybridized carbons (Fsp3) is 0.895. The molecule has 0 saturated carbocycles. The van der Waals surface area contributed by atoms with E-state index in [0.29, 0.717) is 19.3 Å². The zero-order valence-corrected chi connectivity index (χ0v) is 17.7. The van der Waals surface area contributed by atoms with Gasteiger partial charge in [-0.1, -0.05) is 0 Å². The Hall–Kier alpha value is -1.26. The number of nitrogens with one attached hydrogen (secondary N) is 1. The van der Waals surface area contributed by atoms with Crippen molar-refractivity contribution in [2.24, 2.45) is 0 Å². The molecule has 2 aliphatic heterocycles. The second kappa shape index (κ2) is 12.3. The Bertz CT molecular complexity index is 617. The Morgan fingerprint density at radius 2 is 1.44 bits per heavy atom. The van der Waals surface area contributed by atoms with Gasteiger partial charge in [-0.3, -0.25) is 4.79 Å². The lowest BCUT2D eigenvalue weighted by molar-refractivity contribution is -0.343. The average Bonchev–Trinajstić information content (AvgIpc) is 2.76. The highest BCUT2D eigenvalue weighted by molar-refractivity contribution is 5.77. The summed E-state index contributed by atoms with van der Waals surface area (Å²) in [6.45, 7) is 0.0588. The van der Waals surface area contributed by atoms with Gasteiger partial charge in [-0.2, -0.15) is 0 Å². The number of aliphatic hydroxyl groups excluding tert-OH is 7. The van der Waals surface area contributed by atoms with Crippen LogP contribution >= 0.6 is 0 Å². The minimum Gasteiger partial charge on any atom is -0.394 e. The van der Waals surface area contributed by atoms with Gasteiger partial charge in [0.25, 0.3) is 0 Å². The molecule has 13 nitrogen and oxygen atoms in total. The molecule has 0 spiro atoms. The van der Waals surface area contributed by atoms with Gasteiger partial charge in [0.2, 0.25) is 5.91 Å². The lowest BCUT2D eigenvalue weighted by Crippen LogP contribution is -2.66. The average molecular weight is 467 g/mol. The van der Waals surface area contributed by atoms with E-state index < -0.39 is 80.5 Å². The van der Waals surface area contributed by atoms with Crippen LogP contribution in [0.25, 0.3) is 0 Å². The van der Waals surface area contributed by atoms with Gasteiger partial charge in [-0.05, 0) is 19.8 Å².